The minimum absolute atomic E-state index is 0.0535. The Balaban J connectivity index is 1.79. The van der Waals surface area contributed by atoms with Gasteiger partial charge in [0.05, 0.1) is 19.0 Å². The van der Waals surface area contributed by atoms with Crippen molar-refractivity contribution in [3.8, 4) is 11.5 Å². The van der Waals surface area contributed by atoms with Gasteiger partial charge in [0, 0.05) is 0 Å². The fourth-order valence-corrected chi connectivity index (χ4v) is 6.35. The van der Waals surface area contributed by atoms with E-state index in [1.807, 2.05) is 48.6 Å². The van der Waals surface area contributed by atoms with E-state index < -0.39 is 39.6 Å². The summed E-state index contributed by atoms with van der Waals surface area (Å²) in [5, 5.41) is -0.0535. The fraction of sp³-hybridized carbons (Fsp3) is 0.536. The van der Waals surface area contributed by atoms with Gasteiger partial charge in [-0.25, -0.2) is 0 Å². The van der Waals surface area contributed by atoms with Crippen molar-refractivity contribution in [3.63, 3.8) is 0 Å². The van der Waals surface area contributed by atoms with Crippen LogP contribution in [0.15, 0.2) is 54.8 Å². The Bertz CT molecular complexity index is 1090. The van der Waals surface area contributed by atoms with Crippen LogP contribution in [0, 0.1) is 16.9 Å². The maximum absolute atomic E-state index is 13.5. The Hall–Kier alpha value is -1.96. The highest BCUT2D eigenvalue weighted by atomic mass is 28.4. The van der Waals surface area contributed by atoms with E-state index in [1.165, 1.54) is 6.26 Å². The number of benzene rings is 1. The molecule has 1 fully saturated rings. The normalized spacial score (nSPS) is 32.0. The summed E-state index contributed by atoms with van der Waals surface area (Å²) in [4.78, 5) is 13.5. The van der Waals surface area contributed by atoms with Gasteiger partial charge in [0.15, 0.2) is 19.3 Å². The lowest BCUT2D eigenvalue weighted by Crippen LogP contribution is -2.56. The van der Waals surface area contributed by atoms with Crippen LogP contribution in [-0.2, 0) is 30.0 Å². The molecule has 0 amide bonds. The van der Waals surface area contributed by atoms with E-state index in [4.69, 9.17) is 18.6 Å². The van der Waals surface area contributed by atoms with Crippen LogP contribution in [0.3, 0.4) is 0 Å². The molecule has 5 nitrogen and oxygen atoms in total. The van der Waals surface area contributed by atoms with Gasteiger partial charge in [-0.05, 0) is 35.8 Å². The van der Waals surface area contributed by atoms with Gasteiger partial charge < -0.3 is 18.6 Å². The lowest BCUT2D eigenvalue weighted by atomic mass is 9.70. The average molecular weight is 511 g/mol. The Morgan fingerprint density at radius 3 is 2.31 bits per heavy atom. The first-order chi connectivity index (χ1) is 16.2. The fourth-order valence-electron chi connectivity index (χ4n) is 4.48. The molecular weight excluding hydrogens is 472 g/mol. The minimum atomic E-state index is -2.31. The maximum Gasteiger partial charge on any atom is 0.328 e. The minimum Gasteiger partial charge on any atom is -0.434 e. The zero-order valence-corrected chi connectivity index (χ0v) is 24.2. The van der Waals surface area contributed by atoms with Gasteiger partial charge >= 0.3 is 5.97 Å². The number of carbonyl (C=O) groups excluding carboxylic acids is 1. The van der Waals surface area contributed by atoms with Crippen LogP contribution in [0.2, 0.25) is 37.8 Å². The molecular formula is C28H38O5Si2. The second-order valence-electron chi connectivity index (χ2n) is 12.3. The first-order valence-corrected chi connectivity index (χ1v) is 18.8. The molecule has 5 atom stereocenters. The van der Waals surface area contributed by atoms with Crippen LogP contribution in [-0.4, -0.2) is 46.3 Å². The van der Waals surface area contributed by atoms with Gasteiger partial charge in [-0.15, -0.1) is 5.54 Å². The third-order valence-electron chi connectivity index (χ3n) is 7.51. The van der Waals surface area contributed by atoms with Crippen LogP contribution < -0.4 is 0 Å². The summed E-state index contributed by atoms with van der Waals surface area (Å²) in [5.74, 6) is 3.04. The number of ether oxygens (including phenoxy) is 3. The summed E-state index contributed by atoms with van der Waals surface area (Å²) in [5.41, 5.74) is 2.20. The predicted octanol–water partition coefficient (Wildman–Crippen LogP) is 5.61. The molecule has 188 valence electrons. The first kappa shape index (κ1) is 26.1. The van der Waals surface area contributed by atoms with Crippen LogP contribution in [0.1, 0.15) is 26.3 Å². The molecule has 2 bridgehead atoms. The summed E-state index contributed by atoms with van der Waals surface area (Å²) < 4.78 is 25.6. The molecule has 3 aliphatic heterocycles. The molecule has 3 heterocycles. The van der Waals surface area contributed by atoms with E-state index in [0.29, 0.717) is 6.61 Å². The lowest BCUT2D eigenvalue weighted by molar-refractivity contribution is -0.150. The van der Waals surface area contributed by atoms with Gasteiger partial charge in [-0.3, -0.25) is 4.79 Å². The van der Waals surface area contributed by atoms with Gasteiger partial charge in [-0.1, -0.05) is 82.7 Å². The molecule has 3 aliphatic rings. The van der Waals surface area contributed by atoms with Crippen molar-refractivity contribution in [1.29, 1.82) is 0 Å². The average Bonchev–Trinajstić information content (AvgIpc) is 3.25. The molecule has 0 saturated carbocycles. The molecule has 1 aromatic carbocycles. The summed E-state index contributed by atoms with van der Waals surface area (Å²) in [7, 11) is -4.07. The molecule has 35 heavy (non-hydrogen) atoms. The molecule has 4 rings (SSSR count). The zero-order chi connectivity index (χ0) is 25.7. The molecule has 1 aromatic rings. The van der Waals surface area contributed by atoms with Gasteiger partial charge in [0.25, 0.3) is 0 Å². The van der Waals surface area contributed by atoms with E-state index in [1.54, 1.807) is 0 Å². The monoisotopic (exact) mass is 510 g/mol. The number of hydrogen-bond donors (Lipinski definition) is 0. The number of fused-ring (bicyclic) bond motifs is 3. The Kier molecular flexibility index (Phi) is 6.61. The van der Waals surface area contributed by atoms with Crippen molar-refractivity contribution >= 4 is 22.4 Å². The van der Waals surface area contributed by atoms with E-state index in [0.717, 1.165) is 5.56 Å². The maximum atomic E-state index is 13.5. The Morgan fingerprint density at radius 1 is 1.06 bits per heavy atom. The molecule has 1 saturated heterocycles. The SMILES string of the molecule is CC(C)(C)[Si](C)(C)O[C@@H]1[C@H]2O[C@](C#C[Si](C)(C)C)(C=CC2OCc2ccccc2)[C@]12C=COC2=O. The Labute approximate surface area is 212 Å². The van der Waals surface area contributed by atoms with Crippen molar-refractivity contribution in [2.75, 3.05) is 0 Å². The summed E-state index contributed by atoms with van der Waals surface area (Å²) in [6, 6.07) is 10.1. The van der Waals surface area contributed by atoms with Crippen molar-refractivity contribution in [2.45, 2.75) is 89.1 Å². The van der Waals surface area contributed by atoms with Gasteiger partial charge in [-0.2, -0.15) is 0 Å². The predicted molar refractivity (Wildman–Crippen MR) is 143 cm³/mol. The molecule has 0 radical (unpaired) electrons. The van der Waals surface area contributed by atoms with E-state index in [9.17, 15) is 4.79 Å². The zero-order valence-electron chi connectivity index (χ0n) is 22.2. The number of hydrogen-bond acceptors (Lipinski definition) is 5. The standard InChI is InChI=1S/C28H38O5Si2/c1-26(2,3)35(7,8)33-24-23-22(31-20-21-12-10-9-11-13-21)14-15-27(32-23,17-19-34(4,5)6)28(24)16-18-30-25(28)29/h9-16,18,22-24H,20H2,1-8H3/t22?,23-,24+,27-,28+/m0/s1. The smallest absolute Gasteiger partial charge is 0.328 e. The molecule has 0 aromatic heterocycles. The third kappa shape index (κ3) is 4.63. The number of carbonyl (C=O) groups is 1. The third-order valence-corrected chi connectivity index (χ3v) is 12.8. The molecule has 1 spiro atoms. The van der Waals surface area contributed by atoms with E-state index in [-0.39, 0.29) is 17.1 Å². The highest BCUT2D eigenvalue weighted by Gasteiger charge is 2.73. The molecule has 7 heteroatoms. The highest BCUT2D eigenvalue weighted by molar-refractivity contribution is 6.83. The summed E-state index contributed by atoms with van der Waals surface area (Å²) in [6.45, 7) is 17.9. The van der Waals surface area contributed by atoms with Gasteiger partial charge in [0.2, 0.25) is 0 Å². The topological polar surface area (TPSA) is 54.0 Å². The summed E-state index contributed by atoms with van der Waals surface area (Å²) >= 11 is 0. The van der Waals surface area contributed by atoms with Crippen LogP contribution >= 0.6 is 0 Å². The van der Waals surface area contributed by atoms with Crippen molar-refractivity contribution in [1.82, 2.24) is 0 Å². The highest BCUT2D eigenvalue weighted by Crippen LogP contribution is 2.57. The van der Waals surface area contributed by atoms with Crippen molar-refractivity contribution in [2.24, 2.45) is 5.41 Å². The van der Waals surface area contributed by atoms with Crippen molar-refractivity contribution in [3.05, 3.63) is 60.4 Å². The van der Waals surface area contributed by atoms with Gasteiger partial charge in [0.1, 0.15) is 20.3 Å². The van der Waals surface area contributed by atoms with E-state index in [2.05, 4.69) is 65.0 Å². The molecule has 0 aliphatic carbocycles. The second kappa shape index (κ2) is 8.86. The van der Waals surface area contributed by atoms with Crippen LogP contribution in [0.5, 0.6) is 0 Å². The number of rotatable bonds is 5. The number of esters is 1. The second-order valence-corrected chi connectivity index (χ2v) is 21.8. The Morgan fingerprint density at radius 2 is 1.74 bits per heavy atom. The largest absolute Gasteiger partial charge is 0.434 e. The van der Waals surface area contributed by atoms with E-state index >= 15 is 0 Å². The molecule has 0 N–H and O–H groups in total. The summed E-state index contributed by atoms with van der Waals surface area (Å²) in [6.07, 6.45) is 5.75. The number of cyclic esters (lactones) is 1. The quantitative estimate of drug-likeness (QED) is 0.223. The van der Waals surface area contributed by atoms with Crippen LogP contribution in [0.4, 0.5) is 0 Å². The molecule has 1 unspecified atom stereocenters. The van der Waals surface area contributed by atoms with Crippen LogP contribution in [0.25, 0.3) is 0 Å². The van der Waals surface area contributed by atoms with Crippen molar-refractivity contribution < 1.29 is 23.4 Å². The lowest BCUT2D eigenvalue weighted by Gasteiger charge is -2.43. The first-order valence-electron chi connectivity index (χ1n) is 12.3.